The van der Waals surface area contributed by atoms with E-state index < -0.39 is 0 Å². The number of ether oxygens (including phenoxy) is 2. The summed E-state index contributed by atoms with van der Waals surface area (Å²) in [6.45, 7) is 8.45. The second-order valence-electron chi connectivity index (χ2n) is 5.54. The van der Waals surface area contributed by atoms with Gasteiger partial charge in [0.1, 0.15) is 0 Å². The van der Waals surface area contributed by atoms with Crippen LogP contribution in [-0.4, -0.2) is 25.2 Å². The van der Waals surface area contributed by atoms with E-state index in [0.29, 0.717) is 28.1 Å². The Kier molecular flexibility index (Phi) is 5.87. The minimum absolute atomic E-state index is 0.140. The van der Waals surface area contributed by atoms with Gasteiger partial charge in [-0.2, -0.15) is 0 Å². The van der Waals surface area contributed by atoms with Crippen molar-refractivity contribution in [3.63, 3.8) is 0 Å². The summed E-state index contributed by atoms with van der Waals surface area (Å²) in [5, 5.41) is 2.92. The minimum Gasteiger partial charge on any atom is -0.493 e. The summed E-state index contributed by atoms with van der Waals surface area (Å²) < 4.78 is 11.7. The van der Waals surface area contributed by atoms with E-state index in [4.69, 9.17) is 9.47 Å². The molecule has 5 heteroatoms. The van der Waals surface area contributed by atoms with Crippen LogP contribution in [0.2, 0.25) is 0 Å². The van der Waals surface area contributed by atoms with Gasteiger partial charge in [-0.1, -0.05) is 6.92 Å². The Balaban J connectivity index is 3.06. The summed E-state index contributed by atoms with van der Waals surface area (Å²) >= 11 is 3.43. The van der Waals surface area contributed by atoms with E-state index in [1.807, 2.05) is 27.7 Å². The van der Waals surface area contributed by atoms with Crippen LogP contribution in [0.4, 0.5) is 0 Å². The Morgan fingerprint density at radius 2 is 2.00 bits per heavy atom. The third-order valence-corrected chi connectivity index (χ3v) is 3.02. The molecule has 0 saturated carbocycles. The van der Waals surface area contributed by atoms with Crippen molar-refractivity contribution in [3.8, 4) is 11.5 Å². The predicted octanol–water partition coefficient (Wildman–Crippen LogP) is 3.77. The zero-order valence-corrected chi connectivity index (χ0v) is 14.3. The fourth-order valence-electron chi connectivity index (χ4n) is 1.61. The second kappa shape index (κ2) is 6.97. The molecule has 1 N–H and O–H groups in total. The first kappa shape index (κ1) is 16.8. The third-order valence-electron chi connectivity index (χ3n) is 2.43. The molecule has 0 saturated heterocycles. The first-order valence-corrected chi connectivity index (χ1v) is 7.40. The van der Waals surface area contributed by atoms with Crippen molar-refractivity contribution in [1.82, 2.24) is 5.32 Å². The molecule has 0 spiro atoms. The molecule has 0 atom stereocenters. The van der Waals surface area contributed by atoms with Crippen LogP contribution in [0.5, 0.6) is 11.5 Å². The molecule has 1 rings (SSSR count). The minimum atomic E-state index is -0.284. The van der Waals surface area contributed by atoms with E-state index in [9.17, 15) is 4.79 Å². The first-order valence-electron chi connectivity index (χ1n) is 6.61. The average Bonchev–Trinajstić information content (AvgIpc) is 2.34. The van der Waals surface area contributed by atoms with Gasteiger partial charge >= 0.3 is 0 Å². The fourth-order valence-corrected chi connectivity index (χ4v) is 2.16. The van der Waals surface area contributed by atoms with Gasteiger partial charge in [-0.15, -0.1) is 0 Å². The zero-order chi connectivity index (χ0) is 15.3. The Bertz CT molecular complexity index is 481. The number of hydrogen-bond acceptors (Lipinski definition) is 3. The lowest BCUT2D eigenvalue weighted by Gasteiger charge is -2.21. The molecule has 0 aliphatic rings. The topological polar surface area (TPSA) is 47.6 Å². The van der Waals surface area contributed by atoms with Gasteiger partial charge in [0.2, 0.25) is 0 Å². The van der Waals surface area contributed by atoms with E-state index >= 15 is 0 Å². The van der Waals surface area contributed by atoms with Crippen LogP contribution < -0.4 is 14.8 Å². The number of carbonyl (C=O) groups excluding carboxylic acids is 1. The Labute approximate surface area is 129 Å². The summed E-state index contributed by atoms with van der Waals surface area (Å²) in [6, 6.07) is 3.44. The average molecular weight is 344 g/mol. The highest BCUT2D eigenvalue weighted by Crippen LogP contribution is 2.36. The third kappa shape index (κ3) is 4.71. The van der Waals surface area contributed by atoms with Gasteiger partial charge in [0.15, 0.2) is 11.5 Å². The number of amides is 1. The lowest BCUT2D eigenvalue weighted by molar-refractivity contribution is 0.0919. The van der Waals surface area contributed by atoms with E-state index in [2.05, 4.69) is 21.2 Å². The van der Waals surface area contributed by atoms with E-state index in [1.165, 1.54) is 0 Å². The fraction of sp³-hybridized carbons (Fsp3) is 0.533. The molecular formula is C15H22BrNO3. The van der Waals surface area contributed by atoms with Gasteiger partial charge in [0.05, 0.1) is 18.2 Å². The number of nitrogens with one attached hydrogen (secondary N) is 1. The summed E-state index contributed by atoms with van der Waals surface area (Å²) in [7, 11) is 1.56. The Hall–Kier alpha value is -1.23. The van der Waals surface area contributed by atoms with Crippen molar-refractivity contribution >= 4 is 21.8 Å². The maximum atomic E-state index is 12.2. The molecule has 0 radical (unpaired) electrons. The molecule has 1 aromatic rings. The van der Waals surface area contributed by atoms with E-state index in [0.717, 1.165) is 6.42 Å². The van der Waals surface area contributed by atoms with Crippen molar-refractivity contribution in [3.05, 3.63) is 22.2 Å². The number of methoxy groups -OCH3 is 1. The molecule has 1 aromatic carbocycles. The maximum absolute atomic E-state index is 12.2. The standard InChI is InChI=1S/C15H22BrNO3/c1-6-7-20-13-11(16)8-10(9-12(13)19-5)14(18)17-15(2,3)4/h8-9H,6-7H2,1-5H3,(H,17,18). The molecule has 112 valence electrons. The molecule has 0 aromatic heterocycles. The number of carbonyl (C=O) groups is 1. The van der Waals surface area contributed by atoms with Crippen molar-refractivity contribution in [2.24, 2.45) is 0 Å². The normalized spacial score (nSPS) is 11.1. The predicted molar refractivity (Wildman–Crippen MR) is 83.7 cm³/mol. The van der Waals surface area contributed by atoms with Crippen LogP contribution in [0.15, 0.2) is 16.6 Å². The van der Waals surface area contributed by atoms with Gasteiger partial charge in [-0.05, 0) is 55.3 Å². The largest absolute Gasteiger partial charge is 0.493 e. The molecule has 0 fully saturated rings. The first-order chi connectivity index (χ1) is 9.28. The van der Waals surface area contributed by atoms with Gasteiger partial charge in [0, 0.05) is 11.1 Å². The molecule has 0 aliphatic carbocycles. The molecule has 0 aliphatic heterocycles. The lowest BCUT2D eigenvalue weighted by Crippen LogP contribution is -2.40. The van der Waals surface area contributed by atoms with Crippen LogP contribution in [0.3, 0.4) is 0 Å². The number of rotatable bonds is 5. The van der Waals surface area contributed by atoms with Gasteiger partial charge in [0.25, 0.3) is 5.91 Å². The molecule has 0 heterocycles. The van der Waals surface area contributed by atoms with E-state index in [1.54, 1.807) is 19.2 Å². The summed E-state index contributed by atoms with van der Waals surface area (Å²) in [6.07, 6.45) is 0.905. The quantitative estimate of drug-likeness (QED) is 0.884. The SMILES string of the molecule is CCCOc1c(Br)cc(C(=O)NC(C)(C)C)cc1OC. The van der Waals surface area contributed by atoms with Crippen LogP contribution >= 0.6 is 15.9 Å². The van der Waals surface area contributed by atoms with Gasteiger partial charge < -0.3 is 14.8 Å². The molecular weight excluding hydrogens is 322 g/mol. The monoisotopic (exact) mass is 343 g/mol. The molecule has 0 bridgehead atoms. The maximum Gasteiger partial charge on any atom is 0.251 e. The molecule has 4 nitrogen and oxygen atoms in total. The van der Waals surface area contributed by atoms with Crippen LogP contribution in [0, 0.1) is 0 Å². The van der Waals surface area contributed by atoms with Gasteiger partial charge in [-0.3, -0.25) is 4.79 Å². The van der Waals surface area contributed by atoms with Crippen LogP contribution in [-0.2, 0) is 0 Å². The summed E-state index contributed by atoms with van der Waals surface area (Å²) in [5.41, 5.74) is 0.251. The van der Waals surface area contributed by atoms with Crippen molar-refractivity contribution < 1.29 is 14.3 Å². The van der Waals surface area contributed by atoms with Crippen molar-refractivity contribution in [2.75, 3.05) is 13.7 Å². The Morgan fingerprint density at radius 1 is 1.35 bits per heavy atom. The lowest BCUT2D eigenvalue weighted by atomic mass is 10.1. The van der Waals surface area contributed by atoms with Crippen LogP contribution in [0.25, 0.3) is 0 Å². The number of hydrogen-bond donors (Lipinski definition) is 1. The van der Waals surface area contributed by atoms with Crippen molar-refractivity contribution in [2.45, 2.75) is 39.7 Å². The second-order valence-corrected chi connectivity index (χ2v) is 6.40. The highest BCUT2D eigenvalue weighted by Gasteiger charge is 2.19. The highest BCUT2D eigenvalue weighted by molar-refractivity contribution is 9.10. The molecule has 1 amide bonds. The molecule has 0 unspecified atom stereocenters. The number of benzene rings is 1. The van der Waals surface area contributed by atoms with Gasteiger partial charge in [-0.25, -0.2) is 0 Å². The smallest absolute Gasteiger partial charge is 0.251 e. The summed E-state index contributed by atoms with van der Waals surface area (Å²) in [5.74, 6) is 1.03. The summed E-state index contributed by atoms with van der Waals surface area (Å²) in [4.78, 5) is 12.2. The van der Waals surface area contributed by atoms with Crippen molar-refractivity contribution in [1.29, 1.82) is 0 Å². The highest BCUT2D eigenvalue weighted by atomic mass is 79.9. The zero-order valence-electron chi connectivity index (χ0n) is 12.7. The number of halogens is 1. The Morgan fingerprint density at radius 3 is 2.50 bits per heavy atom. The molecule has 20 heavy (non-hydrogen) atoms. The van der Waals surface area contributed by atoms with Crippen LogP contribution in [0.1, 0.15) is 44.5 Å². The van der Waals surface area contributed by atoms with E-state index in [-0.39, 0.29) is 11.4 Å².